The molecule has 1 rings (SSSR count). The molecule has 0 saturated heterocycles. The smallest absolute Gasteiger partial charge is 0.275 e. The van der Waals surface area contributed by atoms with Crippen LogP contribution in [0, 0.1) is 11.3 Å². The molecule has 1 N–H and O–H groups in total. The van der Waals surface area contributed by atoms with Crippen molar-refractivity contribution in [3.63, 3.8) is 0 Å². The lowest BCUT2D eigenvalue weighted by Crippen LogP contribution is -2.37. The Morgan fingerprint density at radius 1 is 1.36 bits per heavy atom. The molecule has 2 nitrogen and oxygen atoms in total. The van der Waals surface area contributed by atoms with E-state index in [0.717, 1.165) is 12.5 Å². The first-order chi connectivity index (χ1) is 6.52. The third kappa shape index (κ3) is 3.52. The third-order valence-electron chi connectivity index (χ3n) is 3.41. The molecular weight excluding hydrogens is 194 g/mol. The molecule has 0 aromatic rings. The molecular formula is C11H21NOS. The molecule has 0 aromatic heterocycles. The highest BCUT2D eigenvalue weighted by Crippen LogP contribution is 2.37. The molecule has 82 valence electrons. The minimum absolute atomic E-state index is 0.214. The Bertz CT molecular complexity index is 197. The van der Waals surface area contributed by atoms with Gasteiger partial charge in [-0.05, 0) is 24.2 Å². The predicted octanol–water partition coefficient (Wildman–Crippen LogP) is 3.23. The molecule has 1 amide bonds. The highest BCUT2D eigenvalue weighted by molar-refractivity contribution is 7.96. The summed E-state index contributed by atoms with van der Waals surface area (Å²) in [5.74, 6) is 0.761. The summed E-state index contributed by atoms with van der Waals surface area (Å²) in [7, 11) is 0. The van der Waals surface area contributed by atoms with E-state index in [-0.39, 0.29) is 10.7 Å². The monoisotopic (exact) mass is 215 g/mol. The Hall–Kier alpha value is -0.180. The van der Waals surface area contributed by atoms with Gasteiger partial charge in [0.05, 0.1) is 0 Å². The van der Waals surface area contributed by atoms with E-state index in [1.165, 1.54) is 32.1 Å². The first-order valence-electron chi connectivity index (χ1n) is 5.49. The summed E-state index contributed by atoms with van der Waals surface area (Å²) in [6, 6.07) is 0. The molecule has 0 radical (unpaired) electrons. The average molecular weight is 215 g/mol. The zero-order valence-corrected chi connectivity index (χ0v) is 10.1. The van der Waals surface area contributed by atoms with Crippen LogP contribution in [0.2, 0.25) is 0 Å². The van der Waals surface area contributed by atoms with Crippen molar-refractivity contribution >= 4 is 17.9 Å². The molecule has 1 aliphatic rings. The van der Waals surface area contributed by atoms with Crippen molar-refractivity contribution < 1.29 is 4.79 Å². The van der Waals surface area contributed by atoms with Gasteiger partial charge >= 0.3 is 0 Å². The summed E-state index contributed by atoms with van der Waals surface area (Å²) in [6.07, 6.45) is 6.71. The molecule has 0 bridgehead atoms. The fourth-order valence-corrected chi connectivity index (χ4v) is 2.41. The highest BCUT2D eigenvalue weighted by Gasteiger charge is 2.30. The van der Waals surface area contributed by atoms with Gasteiger partial charge in [0.2, 0.25) is 0 Å². The summed E-state index contributed by atoms with van der Waals surface area (Å²) in [4.78, 5) is 10.7. The van der Waals surface area contributed by atoms with Crippen molar-refractivity contribution in [2.24, 2.45) is 11.3 Å². The molecule has 0 aromatic carbocycles. The zero-order chi connectivity index (χ0) is 10.6. The Morgan fingerprint density at radius 3 is 2.43 bits per heavy atom. The lowest BCUT2D eigenvalue weighted by molar-refractivity contribution is 0.157. The second-order valence-electron chi connectivity index (χ2n) is 4.98. The summed E-state index contributed by atoms with van der Waals surface area (Å²) in [5, 5.41) is 2.59. The van der Waals surface area contributed by atoms with Gasteiger partial charge in [0, 0.05) is 6.54 Å². The number of amides is 1. The van der Waals surface area contributed by atoms with Crippen LogP contribution in [0.1, 0.15) is 46.0 Å². The molecule has 0 unspecified atom stereocenters. The van der Waals surface area contributed by atoms with Gasteiger partial charge in [-0.15, -0.1) is 0 Å². The Kier molecular flexibility index (Phi) is 4.30. The maximum Gasteiger partial charge on any atom is 0.275 e. The standard InChI is InChI=1S/C11H21NOS/c1-11(2,8-12-10(13)14)9-6-4-3-5-7-9/h9H,3-8H2,1-2H3,(H2,12,13,14). The van der Waals surface area contributed by atoms with Gasteiger partial charge in [0.1, 0.15) is 0 Å². The van der Waals surface area contributed by atoms with Crippen LogP contribution < -0.4 is 5.32 Å². The van der Waals surface area contributed by atoms with Crippen molar-refractivity contribution in [2.75, 3.05) is 6.54 Å². The van der Waals surface area contributed by atoms with E-state index in [9.17, 15) is 4.79 Å². The van der Waals surface area contributed by atoms with Crippen molar-refractivity contribution in [2.45, 2.75) is 46.0 Å². The van der Waals surface area contributed by atoms with E-state index in [1.54, 1.807) is 0 Å². The summed E-state index contributed by atoms with van der Waals surface area (Å²) >= 11 is 3.72. The molecule has 1 saturated carbocycles. The van der Waals surface area contributed by atoms with Crippen LogP contribution in [0.5, 0.6) is 0 Å². The number of hydrogen-bond donors (Lipinski definition) is 2. The maximum absolute atomic E-state index is 10.7. The lowest BCUT2D eigenvalue weighted by Gasteiger charge is -2.37. The minimum atomic E-state index is -0.214. The van der Waals surface area contributed by atoms with Crippen LogP contribution in [-0.2, 0) is 0 Å². The van der Waals surface area contributed by atoms with Crippen molar-refractivity contribution in [1.82, 2.24) is 5.32 Å². The average Bonchev–Trinajstić information content (AvgIpc) is 2.16. The van der Waals surface area contributed by atoms with Crippen LogP contribution in [0.25, 0.3) is 0 Å². The SMILES string of the molecule is CC(C)(CNC(=O)S)C1CCCCC1. The second-order valence-corrected chi connectivity index (χ2v) is 5.39. The topological polar surface area (TPSA) is 29.1 Å². The van der Waals surface area contributed by atoms with Crippen LogP contribution in [-0.4, -0.2) is 11.8 Å². The summed E-state index contributed by atoms with van der Waals surface area (Å²) in [6.45, 7) is 5.24. The van der Waals surface area contributed by atoms with E-state index in [1.807, 2.05) is 0 Å². The molecule has 0 spiro atoms. The Morgan fingerprint density at radius 2 is 1.93 bits per heavy atom. The van der Waals surface area contributed by atoms with E-state index >= 15 is 0 Å². The van der Waals surface area contributed by atoms with Crippen molar-refractivity contribution in [3.8, 4) is 0 Å². The van der Waals surface area contributed by atoms with Gasteiger partial charge in [-0.25, -0.2) is 0 Å². The molecule has 0 atom stereocenters. The Balaban J connectivity index is 2.41. The van der Waals surface area contributed by atoms with Crippen LogP contribution in [0.15, 0.2) is 0 Å². The molecule has 1 fully saturated rings. The van der Waals surface area contributed by atoms with Crippen LogP contribution in [0.3, 0.4) is 0 Å². The highest BCUT2D eigenvalue weighted by atomic mass is 32.1. The van der Waals surface area contributed by atoms with E-state index in [2.05, 4.69) is 31.8 Å². The quantitative estimate of drug-likeness (QED) is 0.695. The number of carbonyl (C=O) groups is 1. The van der Waals surface area contributed by atoms with Crippen molar-refractivity contribution in [1.29, 1.82) is 0 Å². The molecule has 1 aliphatic carbocycles. The number of nitrogens with one attached hydrogen (secondary N) is 1. The molecule has 0 aliphatic heterocycles. The van der Waals surface area contributed by atoms with Gasteiger partial charge in [-0.2, -0.15) is 0 Å². The number of thiol groups is 1. The van der Waals surface area contributed by atoms with E-state index < -0.39 is 0 Å². The van der Waals surface area contributed by atoms with Gasteiger partial charge in [0.15, 0.2) is 0 Å². The fraction of sp³-hybridized carbons (Fsp3) is 0.909. The second kappa shape index (κ2) is 5.06. The van der Waals surface area contributed by atoms with Crippen LogP contribution in [0.4, 0.5) is 4.79 Å². The van der Waals surface area contributed by atoms with Crippen molar-refractivity contribution in [3.05, 3.63) is 0 Å². The normalized spacial score (nSPS) is 19.4. The Labute approximate surface area is 92.2 Å². The zero-order valence-electron chi connectivity index (χ0n) is 9.18. The third-order valence-corrected chi connectivity index (χ3v) is 3.56. The molecule has 3 heteroatoms. The summed E-state index contributed by atoms with van der Waals surface area (Å²) < 4.78 is 0. The van der Waals surface area contributed by atoms with Crippen LogP contribution >= 0.6 is 12.6 Å². The largest absolute Gasteiger partial charge is 0.347 e. The first kappa shape index (κ1) is 11.9. The molecule has 0 heterocycles. The van der Waals surface area contributed by atoms with Gasteiger partial charge in [-0.1, -0.05) is 45.7 Å². The van der Waals surface area contributed by atoms with Gasteiger partial charge < -0.3 is 5.32 Å². The minimum Gasteiger partial charge on any atom is -0.347 e. The summed E-state index contributed by atoms with van der Waals surface area (Å²) in [5.41, 5.74) is 0.221. The number of hydrogen-bond acceptors (Lipinski definition) is 1. The van der Waals surface area contributed by atoms with E-state index in [0.29, 0.717) is 0 Å². The van der Waals surface area contributed by atoms with Gasteiger partial charge in [0.25, 0.3) is 5.24 Å². The van der Waals surface area contributed by atoms with Gasteiger partial charge in [-0.3, -0.25) is 4.79 Å². The maximum atomic E-state index is 10.7. The predicted molar refractivity (Wildman–Crippen MR) is 62.7 cm³/mol. The first-order valence-corrected chi connectivity index (χ1v) is 5.94. The number of rotatable bonds is 3. The fourth-order valence-electron chi connectivity index (χ4n) is 2.33. The van der Waals surface area contributed by atoms with E-state index in [4.69, 9.17) is 0 Å². The molecule has 14 heavy (non-hydrogen) atoms. The lowest BCUT2D eigenvalue weighted by atomic mass is 9.71. The number of carbonyl (C=O) groups excluding carboxylic acids is 1.